The molecule has 1 fully saturated rings. The van der Waals surface area contributed by atoms with E-state index in [1.807, 2.05) is 0 Å². The molecule has 0 aromatic heterocycles. The third-order valence-corrected chi connectivity index (χ3v) is 3.94. The Hall–Kier alpha value is -1.04. The van der Waals surface area contributed by atoms with Crippen molar-refractivity contribution >= 4 is 16.1 Å². The first kappa shape index (κ1) is 12.4. The average Bonchev–Trinajstić information content (AvgIpc) is 2.75. The third kappa shape index (κ3) is 3.46. The van der Waals surface area contributed by atoms with Crippen molar-refractivity contribution in [1.82, 2.24) is 4.72 Å². The van der Waals surface area contributed by atoms with Crippen molar-refractivity contribution in [2.24, 2.45) is 17.8 Å². The summed E-state index contributed by atoms with van der Waals surface area (Å²) in [6.45, 7) is 0.281. The van der Waals surface area contributed by atoms with Crippen molar-refractivity contribution in [3.8, 4) is 0 Å². The molecule has 2 rings (SSSR count). The molecule has 6 heteroatoms. The highest BCUT2D eigenvalue weighted by Gasteiger charge is 2.35. The molecule has 0 aromatic carbocycles. The van der Waals surface area contributed by atoms with Crippen LogP contribution in [0.5, 0.6) is 0 Å². The Morgan fingerprint density at radius 2 is 2.18 bits per heavy atom. The first-order chi connectivity index (χ1) is 7.94. The van der Waals surface area contributed by atoms with Gasteiger partial charge < -0.3 is 4.74 Å². The smallest absolute Gasteiger partial charge is 0.420 e. The molecule has 5 nitrogen and oxygen atoms in total. The molecule has 3 atom stereocenters. The van der Waals surface area contributed by atoms with E-state index in [9.17, 15) is 13.2 Å². The lowest BCUT2D eigenvalue weighted by Crippen LogP contribution is -2.30. The summed E-state index contributed by atoms with van der Waals surface area (Å²) in [5.41, 5.74) is 0. The van der Waals surface area contributed by atoms with E-state index in [1.54, 1.807) is 4.72 Å². The maximum atomic E-state index is 11.1. The number of nitrogens with one attached hydrogen (secondary N) is 1. The van der Waals surface area contributed by atoms with Crippen LogP contribution in [0, 0.1) is 17.8 Å². The van der Waals surface area contributed by atoms with Crippen LogP contribution in [-0.4, -0.2) is 27.4 Å². The summed E-state index contributed by atoms with van der Waals surface area (Å²) in [7, 11) is -3.52. The van der Waals surface area contributed by atoms with Crippen LogP contribution < -0.4 is 4.72 Å². The molecule has 1 amide bonds. The molecule has 0 spiro atoms. The number of rotatable bonds is 4. The molecule has 17 heavy (non-hydrogen) atoms. The highest BCUT2D eigenvalue weighted by atomic mass is 32.2. The Morgan fingerprint density at radius 1 is 1.41 bits per heavy atom. The van der Waals surface area contributed by atoms with Crippen molar-refractivity contribution < 1.29 is 17.9 Å². The van der Waals surface area contributed by atoms with E-state index < -0.39 is 16.1 Å². The van der Waals surface area contributed by atoms with Crippen LogP contribution in [0.2, 0.25) is 0 Å². The van der Waals surface area contributed by atoms with Gasteiger partial charge in [0, 0.05) is 0 Å². The van der Waals surface area contributed by atoms with Crippen LogP contribution >= 0.6 is 0 Å². The summed E-state index contributed by atoms with van der Waals surface area (Å²) in [5, 5.41) is 0. The van der Waals surface area contributed by atoms with Crippen molar-refractivity contribution in [2.75, 3.05) is 12.9 Å². The molecule has 1 saturated carbocycles. The maximum Gasteiger partial charge on any atom is 0.420 e. The Labute approximate surface area is 101 Å². The second kappa shape index (κ2) is 4.68. The summed E-state index contributed by atoms with van der Waals surface area (Å²) < 4.78 is 28.1. The molecule has 1 N–H and O–H groups in total. The minimum Gasteiger partial charge on any atom is -0.449 e. The normalized spacial score (nSPS) is 30.5. The molecule has 3 unspecified atom stereocenters. The van der Waals surface area contributed by atoms with E-state index >= 15 is 0 Å². The molecule has 96 valence electrons. The average molecular weight is 259 g/mol. The van der Waals surface area contributed by atoms with Gasteiger partial charge in [0.1, 0.15) is 0 Å². The molecular formula is C11H17NO4S. The molecule has 2 aliphatic carbocycles. The van der Waals surface area contributed by atoms with Crippen molar-refractivity contribution in [3.63, 3.8) is 0 Å². The number of amides is 1. The molecular weight excluding hydrogens is 242 g/mol. The fourth-order valence-electron chi connectivity index (χ4n) is 2.71. The van der Waals surface area contributed by atoms with E-state index in [4.69, 9.17) is 4.74 Å². The Kier molecular flexibility index (Phi) is 3.42. The zero-order chi connectivity index (χ0) is 12.5. The Bertz CT molecular complexity index is 429. The number of hydrogen-bond acceptors (Lipinski definition) is 4. The number of carbonyl (C=O) groups is 1. The largest absolute Gasteiger partial charge is 0.449 e. The summed E-state index contributed by atoms with van der Waals surface area (Å²) in [6, 6.07) is 0. The van der Waals surface area contributed by atoms with Crippen LogP contribution in [0.15, 0.2) is 12.2 Å². The van der Waals surface area contributed by atoms with Gasteiger partial charge in [-0.1, -0.05) is 12.2 Å². The third-order valence-electron chi connectivity index (χ3n) is 3.41. The van der Waals surface area contributed by atoms with Gasteiger partial charge in [-0.2, -0.15) is 0 Å². The highest BCUT2D eigenvalue weighted by Crippen LogP contribution is 2.44. The SMILES string of the molecule is CS(=O)(=O)NC(=O)OCCC1CC2C=CC1C2. The van der Waals surface area contributed by atoms with Gasteiger partial charge in [0.2, 0.25) is 10.0 Å². The molecule has 0 aliphatic heterocycles. The van der Waals surface area contributed by atoms with Crippen molar-refractivity contribution in [3.05, 3.63) is 12.2 Å². The maximum absolute atomic E-state index is 11.1. The zero-order valence-electron chi connectivity index (χ0n) is 9.76. The lowest BCUT2D eigenvalue weighted by molar-refractivity contribution is 0.142. The fourth-order valence-corrected chi connectivity index (χ4v) is 3.07. The van der Waals surface area contributed by atoms with Gasteiger partial charge >= 0.3 is 6.09 Å². The molecule has 2 bridgehead atoms. The van der Waals surface area contributed by atoms with Crippen molar-refractivity contribution in [2.45, 2.75) is 19.3 Å². The monoisotopic (exact) mass is 259 g/mol. The minimum atomic E-state index is -3.52. The number of fused-ring (bicyclic) bond motifs is 2. The first-order valence-corrected chi connectivity index (χ1v) is 7.66. The second-order valence-electron chi connectivity index (χ2n) is 4.84. The highest BCUT2D eigenvalue weighted by molar-refractivity contribution is 7.89. The molecule has 0 aromatic rings. The molecule has 2 aliphatic rings. The number of sulfonamides is 1. The summed E-state index contributed by atoms with van der Waals surface area (Å²) >= 11 is 0. The van der Waals surface area contributed by atoms with Crippen LogP contribution in [0.3, 0.4) is 0 Å². The molecule has 0 saturated heterocycles. The quantitative estimate of drug-likeness (QED) is 0.772. The van der Waals surface area contributed by atoms with Crippen LogP contribution in [0.25, 0.3) is 0 Å². The van der Waals surface area contributed by atoms with Gasteiger partial charge in [0.15, 0.2) is 0 Å². The van der Waals surface area contributed by atoms with E-state index in [-0.39, 0.29) is 6.61 Å². The van der Waals surface area contributed by atoms with Crippen LogP contribution in [-0.2, 0) is 14.8 Å². The summed E-state index contributed by atoms with van der Waals surface area (Å²) in [5.74, 6) is 1.91. The van der Waals surface area contributed by atoms with Crippen molar-refractivity contribution in [1.29, 1.82) is 0 Å². The number of carbonyl (C=O) groups excluding carboxylic acids is 1. The number of allylic oxidation sites excluding steroid dienone is 2. The minimum absolute atomic E-state index is 0.281. The van der Waals surface area contributed by atoms with Gasteiger partial charge in [-0.15, -0.1) is 0 Å². The van der Waals surface area contributed by atoms with Gasteiger partial charge in [-0.25, -0.2) is 17.9 Å². The fraction of sp³-hybridized carbons (Fsp3) is 0.727. The Balaban J connectivity index is 1.67. The van der Waals surface area contributed by atoms with E-state index in [1.165, 1.54) is 6.42 Å². The molecule has 0 radical (unpaired) electrons. The van der Waals surface area contributed by atoms with Gasteiger partial charge in [-0.3, -0.25) is 0 Å². The lowest BCUT2D eigenvalue weighted by Gasteiger charge is -2.17. The van der Waals surface area contributed by atoms with Crippen LogP contribution in [0.4, 0.5) is 4.79 Å². The van der Waals surface area contributed by atoms with Gasteiger partial charge in [0.05, 0.1) is 12.9 Å². The predicted molar refractivity (Wildman–Crippen MR) is 62.8 cm³/mol. The summed E-state index contributed by atoms with van der Waals surface area (Å²) in [6.07, 6.45) is 7.75. The van der Waals surface area contributed by atoms with Gasteiger partial charge in [-0.05, 0) is 37.0 Å². The number of ether oxygens (including phenoxy) is 1. The predicted octanol–water partition coefficient (Wildman–Crippen LogP) is 1.27. The first-order valence-electron chi connectivity index (χ1n) is 5.77. The van der Waals surface area contributed by atoms with Crippen LogP contribution in [0.1, 0.15) is 19.3 Å². The number of hydrogen-bond donors (Lipinski definition) is 1. The van der Waals surface area contributed by atoms with E-state index in [0.29, 0.717) is 17.8 Å². The van der Waals surface area contributed by atoms with Gasteiger partial charge in [0.25, 0.3) is 0 Å². The molecule has 0 heterocycles. The lowest BCUT2D eigenvalue weighted by atomic mass is 9.91. The van der Waals surface area contributed by atoms with E-state index in [2.05, 4.69) is 12.2 Å². The second-order valence-corrected chi connectivity index (χ2v) is 6.59. The zero-order valence-corrected chi connectivity index (χ0v) is 10.6. The standard InChI is InChI=1S/C11H17NO4S/c1-17(14,15)12-11(13)16-5-4-10-7-8-2-3-9(10)6-8/h2-3,8-10H,4-7H2,1H3,(H,12,13). The van der Waals surface area contributed by atoms with E-state index in [0.717, 1.165) is 19.1 Å². The summed E-state index contributed by atoms with van der Waals surface area (Å²) in [4.78, 5) is 11.1. The Morgan fingerprint density at radius 3 is 2.71 bits per heavy atom. The topological polar surface area (TPSA) is 72.5 Å².